The fourth-order valence-corrected chi connectivity index (χ4v) is 3.75. The van der Waals surface area contributed by atoms with Crippen LogP contribution in [0.4, 0.5) is 0 Å². The lowest BCUT2D eigenvalue weighted by atomic mass is 9.94. The Morgan fingerprint density at radius 1 is 1.03 bits per heavy atom. The van der Waals surface area contributed by atoms with Gasteiger partial charge in [-0.1, -0.05) is 24.3 Å². The number of hydrogen-bond donors (Lipinski definition) is 1. The lowest BCUT2D eigenvalue weighted by molar-refractivity contribution is -0.136. The lowest BCUT2D eigenvalue weighted by Gasteiger charge is -2.27. The van der Waals surface area contributed by atoms with Crippen molar-refractivity contribution in [1.29, 1.82) is 0 Å². The number of amides is 4. The summed E-state index contributed by atoms with van der Waals surface area (Å²) in [7, 11) is 0. The molecule has 1 heterocycles. The van der Waals surface area contributed by atoms with Crippen LogP contribution in [-0.2, 0) is 9.59 Å². The number of imide groups is 1. The van der Waals surface area contributed by atoms with Gasteiger partial charge in [-0.2, -0.15) is 0 Å². The number of benzene rings is 2. The topological polar surface area (TPSA) is 86.8 Å². The Morgan fingerprint density at radius 2 is 1.63 bits per heavy atom. The van der Waals surface area contributed by atoms with E-state index in [0.717, 1.165) is 5.39 Å². The summed E-state index contributed by atoms with van der Waals surface area (Å²) in [6.45, 7) is 6.12. The van der Waals surface area contributed by atoms with E-state index >= 15 is 0 Å². The Morgan fingerprint density at radius 3 is 2.17 bits per heavy atom. The van der Waals surface area contributed by atoms with Crippen LogP contribution >= 0.6 is 0 Å². The Bertz CT molecular complexity index is 948. The monoisotopic (exact) mass is 409 g/mol. The summed E-state index contributed by atoms with van der Waals surface area (Å²) < 4.78 is 0. The highest BCUT2D eigenvalue weighted by molar-refractivity contribution is 6.25. The highest BCUT2D eigenvalue weighted by Crippen LogP contribution is 2.30. The van der Waals surface area contributed by atoms with Gasteiger partial charge in [0.05, 0.1) is 6.54 Å². The number of nitrogens with zero attached hydrogens (tertiary/aromatic N) is 2. The van der Waals surface area contributed by atoms with Gasteiger partial charge in [0, 0.05) is 42.1 Å². The van der Waals surface area contributed by atoms with Crippen LogP contribution in [0.1, 0.15) is 54.3 Å². The van der Waals surface area contributed by atoms with Crippen molar-refractivity contribution in [3.63, 3.8) is 0 Å². The van der Waals surface area contributed by atoms with Crippen LogP contribution in [-0.4, -0.2) is 59.1 Å². The summed E-state index contributed by atoms with van der Waals surface area (Å²) in [6.07, 6.45) is 0.502. The molecule has 0 saturated carbocycles. The maximum absolute atomic E-state index is 12.9. The molecule has 7 heteroatoms. The van der Waals surface area contributed by atoms with Gasteiger partial charge in [0.15, 0.2) is 0 Å². The molecule has 2 aromatic rings. The smallest absolute Gasteiger partial charge is 0.261 e. The molecule has 1 N–H and O–H groups in total. The third-order valence-corrected chi connectivity index (χ3v) is 5.15. The van der Waals surface area contributed by atoms with Crippen LogP contribution in [0.2, 0.25) is 0 Å². The summed E-state index contributed by atoms with van der Waals surface area (Å²) in [5, 5.41) is 4.32. The predicted molar refractivity (Wildman–Crippen MR) is 114 cm³/mol. The quantitative estimate of drug-likeness (QED) is 0.679. The van der Waals surface area contributed by atoms with E-state index in [-0.39, 0.29) is 49.2 Å². The molecule has 2 aromatic carbocycles. The maximum Gasteiger partial charge on any atom is 0.261 e. The van der Waals surface area contributed by atoms with Crippen molar-refractivity contribution in [2.24, 2.45) is 0 Å². The van der Waals surface area contributed by atoms with Gasteiger partial charge < -0.3 is 10.2 Å². The molecule has 1 aliphatic heterocycles. The molecule has 0 radical (unpaired) electrons. The zero-order valence-corrected chi connectivity index (χ0v) is 17.6. The van der Waals surface area contributed by atoms with Crippen LogP contribution in [0, 0.1) is 0 Å². The van der Waals surface area contributed by atoms with Crippen molar-refractivity contribution in [2.75, 3.05) is 19.6 Å². The van der Waals surface area contributed by atoms with Gasteiger partial charge in [-0.25, -0.2) is 0 Å². The highest BCUT2D eigenvalue weighted by Gasteiger charge is 2.32. The van der Waals surface area contributed by atoms with Crippen molar-refractivity contribution in [3.05, 3.63) is 47.5 Å². The fourth-order valence-electron chi connectivity index (χ4n) is 3.75. The molecular weight excluding hydrogens is 382 g/mol. The number of nitrogens with one attached hydrogen (secondary N) is 1. The van der Waals surface area contributed by atoms with Gasteiger partial charge in [-0.15, -0.1) is 0 Å². The van der Waals surface area contributed by atoms with Crippen molar-refractivity contribution in [2.45, 2.75) is 39.7 Å². The van der Waals surface area contributed by atoms with E-state index in [1.165, 1.54) is 9.80 Å². The normalized spacial score (nSPS) is 13.1. The first-order chi connectivity index (χ1) is 14.3. The molecule has 0 aliphatic carbocycles. The second kappa shape index (κ2) is 9.07. The van der Waals surface area contributed by atoms with Crippen LogP contribution in [0.5, 0.6) is 0 Å². The molecule has 1 aliphatic rings. The second-order valence-electron chi connectivity index (χ2n) is 7.70. The van der Waals surface area contributed by atoms with Crippen LogP contribution in [0.3, 0.4) is 0 Å². The van der Waals surface area contributed by atoms with E-state index in [2.05, 4.69) is 5.32 Å². The Balaban J connectivity index is 1.64. The second-order valence-corrected chi connectivity index (χ2v) is 7.70. The molecule has 158 valence electrons. The van der Waals surface area contributed by atoms with E-state index in [4.69, 9.17) is 0 Å². The standard InChI is InChI=1S/C23H27N3O4/c1-4-25(14-19(27)24-15(2)3)20(28)12-7-13-26-22(29)17-10-5-8-16-9-6-11-18(21(16)17)23(26)30/h5-6,8-11,15H,4,7,12-14H2,1-3H3,(H,24,27). The Hall–Kier alpha value is -3.22. The molecule has 4 amide bonds. The highest BCUT2D eigenvalue weighted by atomic mass is 16.2. The average Bonchev–Trinajstić information content (AvgIpc) is 2.71. The zero-order valence-electron chi connectivity index (χ0n) is 17.6. The third-order valence-electron chi connectivity index (χ3n) is 5.15. The van der Waals surface area contributed by atoms with E-state index in [9.17, 15) is 19.2 Å². The van der Waals surface area contributed by atoms with Crippen LogP contribution < -0.4 is 5.32 Å². The molecule has 7 nitrogen and oxygen atoms in total. The van der Waals surface area contributed by atoms with Crippen molar-refractivity contribution in [1.82, 2.24) is 15.1 Å². The van der Waals surface area contributed by atoms with E-state index in [1.54, 1.807) is 24.3 Å². The minimum absolute atomic E-state index is 0.00443. The molecule has 0 saturated heterocycles. The van der Waals surface area contributed by atoms with Gasteiger partial charge in [-0.05, 0) is 44.7 Å². The molecule has 0 spiro atoms. The zero-order chi connectivity index (χ0) is 21.8. The Kier molecular flexibility index (Phi) is 6.50. The molecule has 0 unspecified atom stereocenters. The summed E-state index contributed by atoms with van der Waals surface area (Å²) in [6, 6.07) is 10.8. The summed E-state index contributed by atoms with van der Waals surface area (Å²) in [5.74, 6) is -1.04. The largest absolute Gasteiger partial charge is 0.352 e. The third kappa shape index (κ3) is 4.35. The first-order valence-corrected chi connectivity index (χ1v) is 10.3. The number of carbonyl (C=O) groups is 4. The molecule has 0 atom stereocenters. The van der Waals surface area contributed by atoms with Crippen molar-refractivity contribution < 1.29 is 19.2 Å². The number of likely N-dealkylation sites (N-methyl/N-ethyl adjacent to an activating group) is 1. The molecular formula is C23H27N3O4. The number of carbonyl (C=O) groups excluding carboxylic acids is 4. The van der Waals surface area contributed by atoms with Gasteiger partial charge in [0.2, 0.25) is 11.8 Å². The van der Waals surface area contributed by atoms with E-state index in [0.29, 0.717) is 29.5 Å². The SMILES string of the molecule is CCN(CC(=O)NC(C)C)C(=O)CCCN1C(=O)c2cccc3cccc(c23)C1=O. The van der Waals surface area contributed by atoms with Gasteiger partial charge in [-0.3, -0.25) is 24.1 Å². The minimum Gasteiger partial charge on any atom is -0.352 e. The first kappa shape index (κ1) is 21.5. The van der Waals surface area contributed by atoms with E-state index in [1.807, 2.05) is 32.9 Å². The molecule has 0 bridgehead atoms. The fraction of sp³-hybridized carbons (Fsp3) is 0.391. The molecule has 3 rings (SSSR count). The Labute approximate surface area is 176 Å². The van der Waals surface area contributed by atoms with Gasteiger partial charge >= 0.3 is 0 Å². The van der Waals surface area contributed by atoms with Gasteiger partial charge in [0.25, 0.3) is 11.8 Å². The summed E-state index contributed by atoms with van der Waals surface area (Å²) in [5.41, 5.74) is 1.02. The molecule has 0 fully saturated rings. The number of hydrogen-bond acceptors (Lipinski definition) is 4. The van der Waals surface area contributed by atoms with Crippen molar-refractivity contribution >= 4 is 34.4 Å². The average molecular weight is 409 g/mol. The predicted octanol–water partition coefficient (Wildman–Crippen LogP) is 2.59. The van der Waals surface area contributed by atoms with Gasteiger partial charge in [0.1, 0.15) is 0 Å². The number of rotatable bonds is 8. The maximum atomic E-state index is 12.9. The van der Waals surface area contributed by atoms with Crippen LogP contribution in [0.25, 0.3) is 10.8 Å². The summed E-state index contributed by atoms with van der Waals surface area (Å²) in [4.78, 5) is 52.9. The van der Waals surface area contributed by atoms with E-state index < -0.39 is 0 Å². The molecule has 0 aromatic heterocycles. The lowest BCUT2D eigenvalue weighted by Crippen LogP contribution is -2.43. The van der Waals surface area contributed by atoms with Crippen molar-refractivity contribution in [3.8, 4) is 0 Å². The molecule has 30 heavy (non-hydrogen) atoms. The first-order valence-electron chi connectivity index (χ1n) is 10.3. The summed E-state index contributed by atoms with van der Waals surface area (Å²) >= 11 is 0. The van der Waals surface area contributed by atoms with Crippen LogP contribution in [0.15, 0.2) is 36.4 Å². The minimum atomic E-state index is -0.333.